The van der Waals surface area contributed by atoms with Crippen LogP contribution in [0.2, 0.25) is 0 Å². The number of carbonyl (C=O) groups excluding carboxylic acids is 1. The van der Waals surface area contributed by atoms with Crippen molar-refractivity contribution in [2.45, 2.75) is 13.8 Å². The Bertz CT molecular complexity index is 577. The molecular weight excluding hydrogens is 232 g/mol. The maximum atomic E-state index is 11.9. The van der Waals surface area contributed by atoms with E-state index in [0.717, 1.165) is 11.4 Å². The number of amides is 1. The standard InChI is InChI=1S/C12H16N4O2/c1-8-6-11-14-10(7-9(2)16(11)15-8)12(17)13-4-5-18-3/h6-7H,4-5H2,1-3H3,(H,13,17). The highest BCUT2D eigenvalue weighted by Gasteiger charge is 2.11. The molecule has 0 aliphatic rings. The van der Waals surface area contributed by atoms with Crippen molar-refractivity contribution in [3.05, 3.63) is 29.2 Å². The Balaban J connectivity index is 2.25. The lowest BCUT2D eigenvalue weighted by Gasteiger charge is -2.05. The molecule has 0 unspecified atom stereocenters. The van der Waals surface area contributed by atoms with E-state index in [-0.39, 0.29) is 5.91 Å². The minimum atomic E-state index is -0.198. The molecule has 0 radical (unpaired) electrons. The smallest absolute Gasteiger partial charge is 0.270 e. The first-order chi connectivity index (χ1) is 8.61. The molecule has 0 atom stereocenters. The van der Waals surface area contributed by atoms with Gasteiger partial charge in [0.1, 0.15) is 5.69 Å². The second-order valence-corrected chi connectivity index (χ2v) is 4.09. The summed E-state index contributed by atoms with van der Waals surface area (Å²) < 4.78 is 6.60. The van der Waals surface area contributed by atoms with Crippen molar-refractivity contribution >= 4 is 11.6 Å². The molecule has 0 saturated carbocycles. The lowest BCUT2D eigenvalue weighted by atomic mass is 10.3. The second kappa shape index (κ2) is 5.14. The fraction of sp³-hybridized carbons (Fsp3) is 0.417. The number of aryl methyl sites for hydroxylation is 2. The first kappa shape index (κ1) is 12.5. The molecule has 1 amide bonds. The van der Waals surface area contributed by atoms with Crippen molar-refractivity contribution in [3.63, 3.8) is 0 Å². The summed E-state index contributed by atoms with van der Waals surface area (Å²) in [7, 11) is 1.59. The van der Waals surface area contributed by atoms with Gasteiger partial charge in [-0.2, -0.15) is 5.10 Å². The lowest BCUT2D eigenvalue weighted by molar-refractivity contribution is 0.0932. The van der Waals surface area contributed by atoms with Gasteiger partial charge in [-0.05, 0) is 19.9 Å². The fourth-order valence-electron chi connectivity index (χ4n) is 1.71. The zero-order valence-electron chi connectivity index (χ0n) is 10.7. The molecular formula is C12H16N4O2. The maximum absolute atomic E-state index is 11.9. The molecule has 2 heterocycles. The van der Waals surface area contributed by atoms with E-state index in [1.54, 1.807) is 17.7 Å². The van der Waals surface area contributed by atoms with Crippen LogP contribution < -0.4 is 5.32 Å². The number of nitrogens with zero attached hydrogens (tertiary/aromatic N) is 3. The predicted molar refractivity (Wildman–Crippen MR) is 66.7 cm³/mol. The largest absolute Gasteiger partial charge is 0.383 e. The maximum Gasteiger partial charge on any atom is 0.270 e. The quantitative estimate of drug-likeness (QED) is 0.810. The summed E-state index contributed by atoms with van der Waals surface area (Å²) in [6.45, 7) is 4.75. The van der Waals surface area contributed by atoms with Crippen LogP contribution in [0.3, 0.4) is 0 Å². The van der Waals surface area contributed by atoms with Crippen molar-refractivity contribution in [1.29, 1.82) is 0 Å². The summed E-state index contributed by atoms with van der Waals surface area (Å²) in [5, 5.41) is 7.03. The molecule has 18 heavy (non-hydrogen) atoms. The number of rotatable bonds is 4. The first-order valence-electron chi connectivity index (χ1n) is 5.73. The third-order valence-electron chi connectivity index (χ3n) is 2.55. The van der Waals surface area contributed by atoms with Crippen LogP contribution >= 0.6 is 0 Å². The number of aromatic nitrogens is 3. The van der Waals surface area contributed by atoms with Gasteiger partial charge < -0.3 is 10.1 Å². The zero-order chi connectivity index (χ0) is 13.1. The predicted octanol–water partition coefficient (Wildman–Crippen LogP) is 0.722. The zero-order valence-corrected chi connectivity index (χ0v) is 10.7. The number of nitrogens with one attached hydrogen (secondary N) is 1. The molecule has 0 aliphatic heterocycles. The van der Waals surface area contributed by atoms with Gasteiger partial charge in [0.05, 0.1) is 12.3 Å². The van der Waals surface area contributed by atoms with E-state index in [2.05, 4.69) is 15.4 Å². The molecule has 0 fully saturated rings. The topological polar surface area (TPSA) is 68.5 Å². The van der Waals surface area contributed by atoms with E-state index >= 15 is 0 Å². The van der Waals surface area contributed by atoms with Gasteiger partial charge >= 0.3 is 0 Å². The van der Waals surface area contributed by atoms with Crippen LogP contribution in [0.1, 0.15) is 21.9 Å². The highest BCUT2D eigenvalue weighted by molar-refractivity contribution is 5.92. The van der Waals surface area contributed by atoms with Crippen LogP contribution in [0.15, 0.2) is 12.1 Å². The third kappa shape index (κ3) is 2.48. The Morgan fingerprint density at radius 2 is 2.22 bits per heavy atom. The van der Waals surface area contributed by atoms with Gasteiger partial charge in [-0.1, -0.05) is 0 Å². The summed E-state index contributed by atoms with van der Waals surface area (Å²) >= 11 is 0. The molecule has 0 spiro atoms. The van der Waals surface area contributed by atoms with Crippen molar-refractivity contribution in [2.75, 3.05) is 20.3 Å². The van der Waals surface area contributed by atoms with Crippen LogP contribution in [0, 0.1) is 13.8 Å². The van der Waals surface area contributed by atoms with Gasteiger partial charge in [0.25, 0.3) is 5.91 Å². The Labute approximate surface area is 105 Å². The lowest BCUT2D eigenvalue weighted by Crippen LogP contribution is -2.28. The average molecular weight is 248 g/mol. The van der Waals surface area contributed by atoms with Crippen LogP contribution in [-0.2, 0) is 4.74 Å². The van der Waals surface area contributed by atoms with Crippen molar-refractivity contribution in [1.82, 2.24) is 19.9 Å². The van der Waals surface area contributed by atoms with E-state index in [1.165, 1.54) is 0 Å². The first-order valence-corrected chi connectivity index (χ1v) is 5.73. The van der Waals surface area contributed by atoms with Gasteiger partial charge in [0.15, 0.2) is 5.65 Å². The highest BCUT2D eigenvalue weighted by Crippen LogP contribution is 2.08. The Morgan fingerprint density at radius 1 is 1.44 bits per heavy atom. The van der Waals surface area contributed by atoms with E-state index < -0.39 is 0 Å². The van der Waals surface area contributed by atoms with E-state index in [4.69, 9.17) is 4.74 Å². The van der Waals surface area contributed by atoms with E-state index in [9.17, 15) is 4.79 Å². The van der Waals surface area contributed by atoms with Gasteiger partial charge in [0, 0.05) is 25.4 Å². The molecule has 0 bridgehead atoms. The third-order valence-corrected chi connectivity index (χ3v) is 2.55. The molecule has 2 aromatic rings. The molecule has 1 N–H and O–H groups in total. The molecule has 0 aromatic carbocycles. The van der Waals surface area contributed by atoms with E-state index in [1.807, 2.05) is 19.9 Å². The van der Waals surface area contributed by atoms with Gasteiger partial charge in [-0.25, -0.2) is 9.50 Å². The Kier molecular flexibility index (Phi) is 3.57. The number of carbonyl (C=O) groups is 1. The van der Waals surface area contributed by atoms with Gasteiger partial charge in [-0.15, -0.1) is 0 Å². The highest BCUT2D eigenvalue weighted by atomic mass is 16.5. The summed E-state index contributed by atoms with van der Waals surface area (Å²) in [5.41, 5.74) is 2.84. The van der Waals surface area contributed by atoms with Crippen molar-refractivity contribution in [3.8, 4) is 0 Å². The normalized spacial score (nSPS) is 10.8. The number of hydrogen-bond acceptors (Lipinski definition) is 4. The number of methoxy groups -OCH3 is 1. The van der Waals surface area contributed by atoms with Crippen LogP contribution in [0.5, 0.6) is 0 Å². The SMILES string of the molecule is COCCNC(=O)c1cc(C)n2nc(C)cc2n1. The molecule has 6 heteroatoms. The minimum Gasteiger partial charge on any atom is -0.383 e. The number of fused-ring (bicyclic) bond motifs is 1. The molecule has 2 rings (SSSR count). The molecule has 0 saturated heterocycles. The average Bonchev–Trinajstić information content (AvgIpc) is 2.70. The monoisotopic (exact) mass is 248 g/mol. The van der Waals surface area contributed by atoms with Crippen LogP contribution in [-0.4, -0.2) is 40.8 Å². The van der Waals surface area contributed by atoms with E-state index in [0.29, 0.717) is 24.5 Å². The Hall–Kier alpha value is -1.95. The second-order valence-electron chi connectivity index (χ2n) is 4.09. The summed E-state index contributed by atoms with van der Waals surface area (Å²) in [6, 6.07) is 3.57. The van der Waals surface area contributed by atoms with Gasteiger partial charge in [-0.3, -0.25) is 4.79 Å². The number of ether oxygens (including phenoxy) is 1. The molecule has 2 aromatic heterocycles. The molecule has 6 nitrogen and oxygen atoms in total. The van der Waals surface area contributed by atoms with Crippen LogP contribution in [0.4, 0.5) is 0 Å². The van der Waals surface area contributed by atoms with Gasteiger partial charge in [0.2, 0.25) is 0 Å². The minimum absolute atomic E-state index is 0.198. The van der Waals surface area contributed by atoms with Crippen molar-refractivity contribution in [2.24, 2.45) is 0 Å². The Morgan fingerprint density at radius 3 is 2.94 bits per heavy atom. The summed E-state index contributed by atoms with van der Waals surface area (Å²) in [5.74, 6) is -0.198. The summed E-state index contributed by atoms with van der Waals surface area (Å²) in [6.07, 6.45) is 0. The summed E-state index contributed by atoms with van der Waals surface area (Å²) in [4.78, 5) is 16.1. The number of hydrogen-bond donors (Lipinski definition) is 1. The molecule has 96 valence electrons. The molecule has 0 aliphatic carbocycles. The van der Waals surface area contributed by atoms with Crippen molar-refractivity contribution < 1.29 is 9.53 Å². The fourth-order valence-corrected chi connectivity index (χ4v) is 1.71. The van der Waals surface area contributed by atoms with Crippen LogP contribution in [0.25, 0.3) is 5.65 Å².